The lowest BCUT2D eigenvalue weighted by atomic mass is 9.77. The molecular formula is C21H20O4. The lowest BCUT2D eigenvalue weighted by Gasteiger charge is -2.25. The third kappa shape index (κ3) is 3.33. The lowest BCUT2D eigenvalue weighted by molar-refractivity contribution is -0.124. The number of aromatic hydroxyl groups is 1. The van der Waals surface area contributed by atoms with Gasteiger partial charge in [-0.3, -0.25) is 9.59 Å². The van der Waals surface area contributed by atoms with Gasteiger partial charge in [-0.25, -0.2) is 0 Å². The van der Waals surface area contributed by atoms with Crippen LogP contribution in [0.1, 0.15) is 37.7 Å². The molecule has 0 amide bonds. The lowest BCUT2D eigenvalue weighted by Crippen LogP contribution is -2.26. The van der Waals surface area contributed by atoms with E-state index in [0.29, 0.717) is 0 Å². The molecule has 2 N–H and O–H groups in total. The van der Waals surface area contributed by atoms with Gasteiger partial charge in [0.1, 0.15) is 11.5 Å². The van der Waals surface area contributed by atoms with Crippen LogP contribution in [-0.4, -0.2) is 21.8 Å². The van der Waals surface area contributed by atoms with Crippen LogP contribution < -0.4 is 0 Å². The van der Waals surface area contributed by atoms with Crippen LogP contribution in [-0.2, 0) is 9.59 Å². The zero-order chi connectivity index (χ0) is 18.0. The summed E-state index contributed by atoms with van der Waals surface area (Å²) in [5.74, 6) is -0.713. The summed E-state index contributed by atoms with van der Waals surface area (Å²) in [7, 11) is 0. The maximum absolute atomic E-state index is 12.4. The van der Waals surface area contributed by atoms with Gasteiger partial charge in [0.25, 0.3) is 0 Å². The molecule has 3 rings (SSSR count). The Morgan fingerprint density at radius 3 is 2.20 bits per heavy atom. The van der Waals surface area contributed by atoms with Crippen molar-refractivity contribution in [3.05, 3.63) is 65.4 Å². The van der Waals surface area contributed by atoms with E-state index in [4.69, 9.17) is 0 Å². The van der Waals surface area contributed by atoms with Crippen molar-refractivity contribution < 1.29 is 19.8 Å². The fraction of sp³-hybridized carbons (Fsp3) is 0.238. The molecule has 0 bridgehead atoms. The average molecular weight is 336 g/mol. The number of phenols is 1. The SMILES string of the molecule is CCC(O)=C1C(=O)CC(c2ccccc2-c2ccc(O)cc2)CC1=O. The van der Waals surface area contributed by atoms with Crippen LogP contribution in [0.3, 0.4) is 0 Å². The quantitative estimate of drug-likeness (QED) is 0.498. The van der Waals surface area contributed by atoms with E-state index in [1.54, 1.807) is 19.1 Å². The molecule has 0 spiro atoms. The Morgan fingerprint density at radius 2 is 1.60 bits per heavy atom. The van der Waals surface area contributed by atoms with Crippen LogP contribution in [0.15, 0.2) is 59.9 Å². The Hall–Kier alpha value is -2.88. The highest BCUT2D eigenvalue weighted by Gasteiger charge is 2.34. The maximum Gasteiger partial charge on any atom is 0.170 e. The van der Waals surface area contributed by atoms with Gasteiger partial charge in [-0.05, 0) is 34.7 Å². The monoisotopic (exact) mass is 336 g/mol. The van der Waals surface area contributed by atoms with E-state index in [0.717, 1.165) is 16.7 Å². The molecule has 2 aromatic carbocycles. The molecule has 1 aliphatic carbocycles. The molecule has 25 heavy (non-hydrogen) atoms. The first kappa shape index (κ1) is 17.0. The topological polar surface area (TPSA) is 74.6 Å². The number of hydrogen-bond acceptors (Lipinski definition) is 4. The molecule has 1 aliphatic rings. The second-order valence-corrected chi connectivity index (χ2v) is 6.26. The first-order chi connectivity index (χ1) is 12.0. The maximum atomic E-state index is 12.4. The molecule has 0 aromatic heterocycles. The fourth-order valence-corrected chi connectivity index (χ4v) is 3.35. The van der Waals surface area contributed by atoms with Crippen molar-refractivity contribution in [2.75, 3.05) is 0 Å². The van der Waals surface area contributed by atoms with E-state index in [2.05, 4.69) is 0 Å². The minimum Gasteiger partial charge on any atom is -0.511 e. The highest BCUT2D eigenvalue weighted by molar-refractivity contribution is 6.22. The molecule has 1 saturated carbocycles. The number of benzene rings is 2. The van der Waals surface area contributed by atoms with Crippen molar-refractivity contribution in [3.8, 4) is 16.9 Å². The van der Waals surface area contributed by atoms with Gasteiger partial charge in [0, 0.05) is 19.3 Å². The summed E-state index contributed by atoms with van der Waals surface area (Å²) >= 11 is 0. The molecule has 0 atom stereocenters. The molecule has 0 aliphatic heterocycles. The number of carbonyl (C=O) groups is 2. The van der Waals surface area contributed by atoms with Gasteiger partial charge in [0.15, 0.2) is 11.6 Å². The minimum atomic E-state index is -0.291. The van der Waals surface area contributed by atoms with Gasteiger partial charge >= 0.3 is 0 Å². The van der Waals surface area contributed by atoms with Crippen LogP contribution in [0.4, 0.5) is 0 Å². The van der Waals surface area contributed by atoms with Crippen molar-refractivity contribution >= 4 is 11.6 Å². The predicted molar refractivity (Wildman–Crippen MR) is 95.5 cm³/mol. The zero-order valence-electron chi connectivity index (χ0n) is 14.0. The number of allylic oxidation sites excluding steroid dienone is 2. The van der Waals surface area contributed by atoms with Crippen molar-refractivity contribution in [1.29, 1.82) is 0 Å². The Morgan fingerprint density at radius 1 is 1.00 bits per heavy atom. The molecule has 2 aromatic rings. The van der Waals surface area contributed by atoms with E-state index in [1.165, 1.54) is 0 Å². The normalized spacial score (nSPS) is 17.6. The van der Waals surface area contributed by atoms with Crippen LogP contribution in [0.25, 0.3) is 11.1 Å². The third-order valence-electron chi connectivity index (χ3n) is 4.62. The van der Waals surface area contributed by atoms with Crippen LogP contribution >= 0.6 is 0 Å². The van der Waals surface area contributed by atoms with E-state index in [-0.39, 0.29) is 53.8 Å². The number of aliphatic hydroxyl groups is 1. The Labute approximate surface area is 146 Å². The van der Waals surface area contributed by atoms with Crippen molar-refractivity contribution in [3.63, 3.8) is 0 Å². The van der Waals surface area contributed by atoms with Crippen molar-refractivity contribution in [2.45, 2.75) is 32.1 Å². The Bertz CT molecular complexity index is 826. The summed E-state index contributed by atoms with van der Waals surface area (Å²) in [5.41, 5.74) is 2.78. The largest absolute Gasteiger partial charge is 0.511 e. The Kier molecular flexibility index (Phi) is 4.70. The number of Topliss-reactive ketones (excluding diaryl/α,β-unsaturated/α-hetero) is 2. The Balaban J connectivity index is 1.98. The summed E-state index contributed by atoms with van der Waals surface area (Å²) < 4.78 is 0. The number of ketones is 2. The molecule has 128 valence electrons. The van der Waals surface area contributed by atoms with E-state index in [1.807, 2.05) is 36.4 Å². The molecular weight excluding hydrogens is 316 g/mol. The highest BCUT2D eigenvalue weighted by Crippen LogP contribution is 2.38. The van der Waals surface area contributed by atoms with Gasteiger partial charge in [0.05, 0.1) is 5.57 Å². The van der Waals surface area contributed by atoms with E-state index in [9.17, 15) is 19.8 Å². The van der Waals surface area contributed by atoms with Gasteiger partial charge in [0.2, 0.25) is 0 Å². The second-order valence-electron chi connectivity index (χ2n) is 6.26. The van der Waals surface area contributed by atoms with E-state index < -0.39 is 0 Å². The number of rotatable bonds is 3. The smallest absolute Gasteiger partial charge is 0.170 e. The van der Waals surface area contributed by atoms with Gasteiger partial charge in [-0.1, -0.05) is 43.3 Å². The summed E-state index contributed by atoms with van der Waals surface area (Å²) in [6.45, 7) is 1.72. The third-order valence-corrected chi connectivity index (χ3v) is 4.62. The molecule has 0 heterocycles. The van der Waals surface area contributed by atoms with Crippen LogP contribution in [0, 0.1) is 0 Å². The zero-order valence-corrected chi connectivity index (χ0v) is 14.0. The highest BCUT2D eigenvalue weighted by atomic mass is 16.3. The van der Waals surface area contributed by atoms with Crippen molar-refractivity contribution in [2.24, 2.45) is 0 Å². The predicted octanol–water partition coefficient (Wildman–Crippen LogP) is 4.30. The molecule has 1 fully saturated rings. The molecule has 4 nitrogen and oxygen atoms in total. The fourth-order valence-electron chi connectivity index (χ4n) is 3.35. The van der Waals surface area contributed by atoms with Gasteiger partial charge < -0.3 is 10.2 Å². The molecule has 0 saturated heterocycles. The number of hydrogen-bond donors (Lipinski definition) is 2. The number of aliphatic hydroxyl groups excluding tert-OH is 1. The summed E-state index contributed by atoms with van der Waals surface area (Å²) in [6.07, 6.45) is 0.696. The standard InChI is InChI=1S/C21H20O4/c1-2-18(23)21-19(24)11-14(12-20(21)25)17-6-4-3-5-16(17)13-7-9-15(22)10-8-13/h3-10,14,22-23H,2,11-12H2,1H3. The first-order valence-corrected chi connectivity index (χ1v) is 8.38. The second kappa shape index (κ2) is 6.93. The summed E-state index contributed by atoms with van der Waals surface area (Å²) in [6, 6.07) is 14.5. The summed E-state index contributed by atoms with van der Waals surface area (Å²) in [4.78, 5) is 24.8. The van der Waals surface area contributed by atoms with Gasteiger partial charge in [-0.2, -0.15) is 0 Å². The number of carbonyl (C=O) groups excluding carboxylic acids is 2. The number of phenolic OH excluding ortho intramolecular Hbond substituents is 1. The average Bonchev–Trinajstić information content (AvgIpc) is 2.61. The van der Waals surface area contributed by atoms with Gasteiger partial charge in [-0.15, -0.1) is 0 Å². The first-order valence-electron chi connectivity index (χ1n) is 8.38. The minimum absolute atomic E-state index is 0.0270. The molecule has 0 radical (unpaired) electrons. The van der Waals surface area contributed by atoms with E-state index >= 15 is 0 Å². The van der Waals surface area contributed by atoms with Crippen LogP contribution in [0.2, 0.25) is 0 Å². The molecule has 4 heteroatoms. The van der Waals surface area contributed by atoms with Crippen molar-refractivity contribution in [1.82, 2.24) is 0 Å². The molecule has 0 unspecified atom stereocenters. The summed E-state index contributed by atoms with van der Waals surface area (Å²) in [5, 5.41) is 19.3. The van der Waals surface area contributed by atoms with Crippen LogP contribution in [0.5, 0.6) is 5.75 Å².